The van der Waals surface area contributed by atoms with Crippen LogP contribution in [-0.4, -0.2) is 19.3 Å². The van der Waals surface area contributed by atoms with Gasteiger partial charge in [0.2, 0.25) is 0 Å². The van der Waals surface area contributed by atoms with Crippen molar-refractivity contribution in [1.82, 2.24) is 0 Å². The zero-order valence-electron chi connectivity index (χ0n) is 8.33. The minimum absolute atomic E-state index is 0.0605. The van der Waals surface area contributed by atoms with Gasteiger partial charge in [-0.05, 0) is 18.8 Å². The highest BCUT2D eigenvalue weighted by atomic mass is 16.5. The van der Waals surface area contributed by atoms with E-state index in [1.807, 2.05) is 0 Å². The van der Waals surface area contributed by atoms with Crippen molar-refractivity contribution < 1.29 is 4.74 Å². The molecule has 0 aromatic rings. The van der Waals surface area contributed by atoms with Crippen LogP contribution in [0.3, 0.4) is 0 Å². The highest BCUT2D eigenvalue weighted by Crippen LogP contribution is 2.28. The third-order valence-electron chi connectivity index (χ3n) is 2.93. The number of nitrogens with two attached hydrogens (primary N) is 1. The topological polar surface area (TPSA) is 35.2 Å². The zero-order valence-corrected chi connectivity index (χ0v) is 8.33. The minimum atomic E-state index is -0.243. The first-order chi connectivity index (χ1) is 6.29. The van der Waals surface area contributed by atoms with Crippen molar-refractivity contribution in [3.05, 3.63) is 0 Å². The molecule has 0 aromatic heterocycles. The van der Waals surface area contributed by atoms with E-state index in [2.05, 4.69) is 5.92 Å². The molecule has 74 valence electrons. The summed E-state index contributed by atoms with van der Waals surface area (Å²) in [5.74, 6) is 3.14. The molecule has 13 heavy (non-hydrogen) atoms. The summed E-state index contributed by atoms with van der Waals surface area (Å²) in [5.41, 5.74) is 5.80. The fourth-order valence-electron chi connectivity index (χ4n) is 2.19. The molecule has 0 saturated heterocycles. The van der Waals surface area contributed by atoms with E-state index in [0.717, 1.165) is 0 Å². The minimum Gasteiger partial charge on any atom is -0.379 e. The molecule has 1 aliphatic rings. The molecule has 2 unspecified atom stereocenters. The second-order valence-corrected chi connectivity index (χ2v) is 3.79. The molecule has 2 heteroatoms. The Bertz CT molecular complexity index is 179. The van der Waals surface area contributed by atoms with Crippen molar-refractivity contribution in [2.24, 2.45) is 11.7 Å². The van der Waals surface area contributed by atoms with Gasteiger partial charge in [-0.2, -0.15) is 0 Å². The summed E-state index contributed by atoms with van der Waals surface area (Å²) in [4.78, 5) is 0. The van der Waals surface area contributed by atoms with Crippen molar-refractivity contribution in [2.45, 2.75) is 44.2 Å². The van der Waals surface area contributed by atoms with Gasteiger partial charge in [-0.3, -0.25) is 0 Å². The fourth-order valence-corrected chi connectivity index (χ4v) is 2.19. The summed E-state index contributed by atoms with van der Waals surface area (Å²) in [6.45, 7) is 0. The van der Waals surface area contributed by atoms with Gasteiger partial charge >= 0.3 is 0 Å². The Kier molecular flexibility index (Phi) is 4.27. The molecule has 0 spiro atoms. The van der Waals surface area contributed by atoms with E-state index >= 15 is 0 Å². The quantitative estimate of drug-likeness (QED) is 0.670. The van der Waals surface area contributed by atoms with E-state index < -0.39 is 0 Å². The summed E-state index contributed by atoms with van der Waals surface area (Å²) >= 11 is 0. The van der Waals surface area contributed by atoms with Crippen LogP contribution in [0.4, 0.5) is 0 Å². The van der Waals surface area contributed by atoms with Crippen molar-refractivity contribution in [3.63, 3.8) is 0 Å². The Balaban J connectivity index is 2.49. The first-order valence-electron chi connectivity index (χ1n) is 5.04. The summed E-state index contributed by atoms with van der Waals surface area (Å²) < 4.78 is 5.37. The second-order valence-electron chi connectivity index (χ2n) is 3.79. The molecule has 0 aromatic carbocycles. The van der Waals surface area contributed by atoms with Crippen LogP contribution in [0.15, 0.2) is 0 Å². The van der Waals surface area contributed by atoms with E-state index in [9.17, 15) is 0 Å². The first-order valence-corrected chi connectivity index (χ1v) is 5.04. The molecule has 2 atom stereocenters. The molecule has 1 aliphatic carbocycles. The largest absolute Gasteiger partial charge is 0.379 e. The van der Waals surface area contributed by atoms with Crippen LogP contribution in [0.25, 0.3) is 0 Å². The predicted molar refractivity (Wildman–Crippen MR) is 54.2 cm³/mol. The average Bonchev–Trinajstić information content (AvgIpc) is 2.20. The Morgan fingerprint density at radius 2 is 2.00 bits per heavy atom. The smallest absolute Gasteiger partial charge is 0.0930 e. The Labute approximate surface area is 80.8 Å². The van der Waals surface area contributed by atoms with E-state index in [0.29, 0.717) is 5.92 Å². The molecule has 0 bridgehead atoms. The maximum atomic E-state index is 5.80. The standard InChI is InChI=1S/C11H19NO/c1-3-10(12)11(13-2)9-7-5-4-6-8-9/h1,9-11H,4-8,12H2,2H3. The predicted octanol–water partition coefficient (Wildman–Crippen LogP) is 1.54. The zero-order chi connectivity index (χ0) is 9.68. The summed E-state index contributed by atoms with van der Waals surface area (Å²) in [7, 11) is 1.70. The number of methoxy groups -OCH3 is 1. The number of hydrogen-bond acceptors (Lipinski definition) is 2. The van der Waals surface area contributed by atoms with Gasteiger partial charge in [-0.25, -0.2) is 0 Å². The normalized spacial score (nSPS) is 23.5. The van der Waals surface area contributed by atoms with Crippen LogP contribution < -0.4 is 5.73 Å². The number of ether oxygens (including phenoxy) is 1. The Morgan fingerprint density at radius 3 is 2.46 bits per heavy atom. The van der Waals surface area contributed by atoms with Gasteiger partial charge in [0.25, 0.3) is 0 Å². The maximum Gasteiger partial charge on any atom is 0.0930 e. The van der Waals surface area contributed by atoms with Gasteiger partial charge in [0.15, 0.2) is 0 Å². The highest BCUT2D eigenvalue weighted by molar-refractivity contribution is 5.03. The third kappa shape index (κ3) is 2.72. The van der Waals surface area contributed by atoms with Gasteiger partial charge in [0.05, 0.1) is 12.1 Å². The van der Waals surface area contributed by atoms with Crippen LogP contribution in [0, 0.1) is 18.3 Å². The number of terminal acetylenes is 1. The highest BCUT2D eigenvalue weighted by Gasteiger charge is 2.27. The lowest BCUT2D eigenvalue weighted by atomic mass is 9.83. The third-order valence-corrected chi connectivity index (χ3v) is 2.93. The van der Waals surface area contributed by atoms with E-state index in [1.54, 1.807) is 7.11 Å². The van der Waals surface area contributed by atoms with Crippen LogP contribution in [0.5, 0.6) is 0 Å². The van der Waals surface area contributed by atoms with Crippen LogP contribution >= 0.6 is 0 Å². The SMILES string of the molecule is C#CC(N)C(OC)C1CCCCC1. The van der Waals surface area contributed by atoms with Crippen molar-refractivity contribution in [3.8, 4) is 12.3 Å². The van der Waals surface area contributed by atoms with Crippen molar-refractivity contribution in [2.75, 3.05) is 7.11 Å². The lowest BCUT2D eigenvalue weighted by Gasteiger charge is -2.30. The molecule has 0 aliphatic heterocycles. The average molecular weight is 181 g/mol. The van der Waals surface area contributed by atoms with Crippen molar-refractivity contribution in [1.29, 1.82) is 0 Å². The number of hydrogen-bond donors (Lipinski definition) is 1. The van der Waals surface area contributed by atoms with Gasteiger partial charge in [0.1, 0.15) is 0 Å². The number of rotatable bonds is 3. The molecular formula is C11H19NO. The summed E-state index contributed by atoms with van der Waals surface area (Å²) in [5, 5.41) is 0. The summed E-state index contributed by atoms with van der Waals surface area (Å²) in [6.07, 6.45) is 11.7. The molecule has 0 amide bonds. The van der Waals surface area contributed by atoms with Crippen LogP contribution in [0.2, 0.25) is 0 Å². The van der Waals surface area contributed by atoms with Gasteiger partial charge < -0.3 is 10.5 Å². The maximum absolute atomic E-state index is 5.80. The first kappa shape index (κ1) is 10.6. The van der Waals surface area contributed by atoms with E-state index in [1.165, 1.54) is 32.1 Å². The van der Waals surface area contributed by atoms with E-state index in [-0.39, 0.29) is 12.1 Å². The van der Waals surface area contributed by atoms with Crippen molar-refractivity contribution >= 4 is 0 Å². The molecule has 0 radical (unpaired) electrons. The monoisotopic (exact) mass is 181 g/mol. The Hall–Kier alpha value is -0.520. The van der Waals surface area contributed by atoms with Crippen LogP contribution in [0.1, 0.15) is 32.1 Å². The van der Waals surface area contributed by atoms with Gasteiger partial charge in [-0.15, -0.1) is 6.42 Å². The van der Waals surface area contributed by atoms with E-state index in [4.69, 9.17) is 16.9 Å². The molecule has 2 N–H and O–H groups in total. The molecule has 1 saturated carbocycles. The molecule has 2 nitrogen and oxygen atoms in total. The Morgan fingerprint density at radius 1 is 1.38 bits per heavy atom. The van der Waals surface area contributed by atoms with Gasteiger partial charge in [0, 0.05) is 7.11 Å². The lowest BCUT2D eigenvalue weighted by molar-refractivity contribution is 0.0298. The lowest BCUT2D eigenvalue weighted by Crippen LogP contribution is -2.41. The second kappa shape index (κ2) is 5.26. The van der Waals surface area contributed by atoms with Crippen LogP contribution in [-0.2, 0) is 4.74 Å². The fraction of sp³-hybridized carbons (Fsp3) is 0.818. The van der Waals surface area contributed by atoms with Gasteiger partial charge in [-0.1, -0.05) is 25.2 Å². The summed E-state index contributed by atoms with van der Waals surface area (Å²) in [6, 6.07) is -0.243. The molecule has 0 heterocycles. The molecule has 1 fully saturated rings. The molecule has 1 rings (SSSR count). The molecular weight excluding hydrogens is 162 g/mol.